The van der Waals surface area contributed by atoms with Crippen molar-refractivity contribution >= 4 is 11.6 Å². The number of nitrogens with one attached hydrogen (secondary N) is 2. The number of benzene rings is 1. The van der Waals surface area contributed by atoms with Crippen LogP contribution in [0.4, 0.5) is 5.69 Å². The van der Waals surface area contributed by atoms with Crippen LogP contribution in [0.15, 0.2) is 24.3 Å². The SMILES string of the molecule is COc1ccccc1NCC(=O)NC(C)C. The first kappa shape index (κ1) is 12.4. The van der Waals surface area contributed by atoms with Crippen LogP contribution in [0.1, 0.15) is 13.8 Å². The van der Waals surface area contributed by atoms with E-state index in [4.69, 9.17) is 4.74 Å². The van der Waals surface area contributed by atoms with Crippen molar-refractivity contribution in [2.75, 3.05) is 19.0 Å². The summed E-state index contributed by atoms with van der Waals surface area (Å²) in [6.45, 7) is 4.11. The third-order valence-electron chi connectivity index (χ3n) is 2.00. The molecular formula is C12H18N2O2. The van der Waals surface area contributed by atoms with E-state index < -0.39 is 0 Å². The fourth-order valence-corrected chi connectivity index (χ4v) is 1.34. The van der Waals surface area contributed by atoms with E-state index in [9.17, 15) is 4.79 Å². The van der Waals surface area contributed by atoms with Crippen LogP contribution in [0.25, 0.3) is 0 Å². The Morgan fingerprint density at radius 3 is 2.69 bits per heavy atom. The van der Waals surface area contributed by atoms with Crippen molar-refractivity contribution in [1.29, 1.82) is 0 Å². The largest absolute Gasteiger partial charge is 0.495 e. The molecular weight excluding hydrogens is 204 g/mol. The van der Waals surface area contributed by atoms with Gasteiger partial charge in [-0.05, 0) is 26.0 Å². The Kier molecular flexibility index (Phi) is 4.64. The second kappa shape index (κ2) is 6.00. The van der Waals surface area contributed by atoms with Gasteiger partial charge in [0.2, 0.25) is 5.91 Å². The number of rotatable bonds is 5. The van der Waals surface area contributed by atoms with E-state index in [-0.39, 0.29) is 18.5 Å². The van der Waals surface area contributed by atoms with E-state index in [0.717, 1.165) is 11.4 Å². The Hall–Kier alpha value is -1.71. The molecule has 0 bridgehead atoms. The van der Waals surface area contributed by atoms with E-state index in [0.29, 0.717) is 0 Å². The van der Waals surface area contributed by atoms with Gasteiger partial charge in [0.15, 0.2) is 0 Å². The number of methoxy groups -OCH3 is 1. The number of amides is 1. The van der Waals surface area contributed by atoms with Gasteiger partial charge in [0, 0.05) is 6.04 Å². The molecule has 0 saturated carbocycles. The molecule has 0 aliphatic rings. The molecule has 1 amide bonds. The molecule has 1 rings (SSSR count). The third kappa shape index (κ3) is 3.81. The number of hydrogen-bond donors (Lipinski definition) is 2. The summed E-state index contributed by atoms with van der Waals surface area (Å²) in [6, 6.07) is 7.67. The van der Waals surface area contributed by atoms with Crippen LogP contribution < -0.4 is 15.4 Å². The van der Waals surface area contributed by atoms with E-state index in [1.165, 1.54) is 0 Å². The number of carbonyl (C=O) groups is 1. The van der Waals surface area contributed by atoms with E-state index in [1.54, 1.807) is 7.11 Å². The van der Waals surface area contributed by atoms with Crippen molar-refractivity contribution in [3.63, 3.8) is 0 Å². The molecule has 0 unspecified atom stereocenters. The first-order valence-corrected chi connectivity index (χ1v) is 5.29. The normalized spacial score (nSPS) is 10.0. The lowest BCUT2D eigenvalue weighted by atomic mass is 10.3. The molecule has 4 nitrogen and oxygen atoms in total. The Morgan fingerprint density at radius 2 is 2.06 bits per heavy atom. The van der Waals surface area contributed by atoms with Gasteiger partial charge in [-0.2, -0.15) is 0 Å². The van der Waals surface area contributed by atoms with Crippen molar-refractivity contribution in [3.8, 4) is 5.75 Å². The maximum absolute atomic E-state index is 11.4. The van der Waals surface area contributed by atoms with Gasteiger partial charge in [0.25, 0.3) is 0 Å². The number of para-hydroxylation sites is 2. The molecule has 0 aromatic heterocycles. The Morgan fingerprint density at radius 1 is 1.38 bits per heavy atom. The Balaban J connectivity index is 2.51. The highest BCUT2D eigenvalue weighted by molar-refractivity contribution is 5.81. The minimum atomic E-state index is -0.0269. The average molecular weight is 222 g/mol. The lowest BCUT2D eigenvalue weighted by Crippen LogP contribution is -2.34. The first-order chi connectivity index (χ1) is 7.63. The number of anilines is 1. The second-order valence-electron chi connectivity index (χ2n) is 3.78. The molecule has 0 saturated heterocycles. The zero-order valence-corrected chi connectivity index (χ0v) is 9.91. The Labute approximate surface area is 96.0 Å². The quantitative estimate of drug-likeness (QED) is 0.796. The highest BCUT2D eigenvalue weighted by Crippen LogP contribution is 2.22. The maximum Gasteiger partial charge on any atom is 0.239 e. The van der Waals surface area contributed by atoms with Crippen LogP contribution in [0, 0.1) is 0 Å². The third-order valence-corrected chi connectivity index (χ3v) is 2.00. The molecule has 0 aliphatic carbocycles. The molecule has 0 heterocycles. The molecule has 2 N–H and O–H groups in total. The molecule has 0 fully saturated rings. The van der Waals surface area contributed by atoms with Gasteiger partial charge < -0.3 is 15.4 Å². The molecule has 0 atom stereocenters. The van der Waals surface area contributed by atoms with Crippen LogP contribution in [0.2, 0.25) is 0 Å². The molecule has 4 heteroatoms. The average Bonchev–Trinajstić information content (AvgIpc) is 2.26. The predicted molar refractivity (Wildman–Crippen MR) is 64.8 cm³/mol. The van der Waals surface area contributed by atoms with Gasteiger partial charge in [0.05, 0.1) is 19.3 Å². The lowest BCUT2D eigenvalue weighted by molar-refractivity contribution is -0.119. The molecule has 1 aromatic carbocycles. The molecule has 0 spiro atoms. The first-order valence-electron chi connectivity index (χ1n) is 5.29. The second-order valence-corrected chi connectivity index (χ2v) is 3.78. The minimum absolute atomic E-state index is 0.0269. The number of ether oxygens (including phenoxy) is 1. The number of hydrogen-bond acceptors (Lipinski definition) is 3. The topological polar surface area (TPSA) is 50.4 Å². The molecule has 16 heavy (non-hydrogen) atoms. The summed E-state index contributed by atoms with van der Waals surface area (Å²) in [7, 11) is 1.61. The van der Waals surface area contributed by atoms with Crippen molar-refractivity contribution in [2.45, 2.75) is 19.9 Å². The fraction of sp³-hybridized carbons (Fsp3) is 0.417. The molecule has 88 valence electrons. The summed E-state index contributed by atoms with van der Waals surface area (Å²) >= 11 is 0. The standard InChI is InChI=1S/C12H18N2O2/c1-9(2)14-12(15)8-13-10-6-4-5-7-11(10)16-3/h4-7,9,13H,8H2,1-3H3,(H,14,15). The van der Waals surface area contributed by atoms with Gasteiger partial charge in [-0.1, -0.05) is 12.1 Å². The van der Waals surface area contributed by atoms with Crippen LogP contribution in [0.5, 0.6) is 5.75 Å². The van der Waals surface area contributed by atoms with Gasteiger partial charge in [-0.15, -0.1) is 0 Å². The van der Waals surface area contributed by atoms with E-state index in [1.807, 2.05) is 38.1 Å². The lowest BCUT2D eigenvalue weighted by Gasteiger charge is -2.12. The highest BCUT2D eigenvalue weighted by atomic mass is 16.5. The summed E-state index contributed by atoms with van der Waals surface area (Å²) in [4.78, 5) is 11.4. The monoisotopic (exact) mass is 222 g/mol. The zero-order valence-electron chi connectivity index (χ0n) is 9.91. The van der Waals surface area contributed by atoms with Crippen LogP contribution in [-0.2, 0) is 4.79 Å². The van der Waals surface area contributed by atoms with Crippen molar-refractivity contribution in [3.05, 3.63) is 24.3 Å². The van der Waals surface area contributed by atoms with E-state index >= 15 is 0 Å². The van der Waals surface area contributed by atoms with Gasteiger partial charge in [-0.3, -0.25) is 4.79 Å². The minimum Gasteiger partial charge on any atom is -0.495 e. The summed E-state index contributed by atoms with van der Waals surface area (Å²) in [5, 5.41) is 5.84. The van der Waals surface area contributed by atoms with Gasteiger partial charge in [-0.25, -0.2) is 0 Å². The smallest absolute Gasteiger partial charge is 0.239 e. The Bertz CT molecular complexity index is 351. The van der Waals surface area contributed by atoms with Gasteiger partial charge >= 0.3 is 0 Å². The summed E-state index contributed by atoms with van der Waals surface area (Å²) < 4.78 is 5.16. The molecule has 1 aromatic rings. The maximum atomic E-state index is 11.4. The predicted octanol–water partition coefficient (Wildman–Crippen LogP) is 1.63. The van der Waals surface area contributed by atoms with Crippen LogP contribution in [-0.4, -0.2) is 25.6 Å². The van der Waals surface area contributed by atoms with Crippen molar-refractivity contribution in [2.24, 2.45) is 0 Å². The number of carbonyl (C=O) groups excluding carboxylic acids is 1. The molecule has 0 radical (unpaired) electrons. The van der Waals surface area contributed by atoms with Crippen molar-refractivity contribution in [1.82, 2.24) is 5.32 Å². The van der Waals surface area contributed by atoms with Crippen LogP contribution in [0.3, 0.4) is 0 Å². The summed E-state index contributed by atoms with van der Waals surface area (Å²) in [6.07, 6.45) is 0. The highest BCUT2D eigenvalue weighted by Gasteiger charge is 2.05. The van der Waals surface area contributed by atoms with Gasteiger partial charge in [0.1, 0.15) is 5.75 Å². The summed E-state index contributed by atoms with van der Waals surface area (Å²) in [5.41, 5.74) is 0.823. The summed E-state index contributed by atoms with van der Waals surface area (Å²) in [5.74, 6) is 0.709. The van der Waals surface area contributed by atoms with Crippen LogP contribution >= 0.6 is 0 Å². The van der Waals surface area contributed by atoms with Crippen molar-refractivity contribution < 1.29 is 9.53 Å². The zero-order chi connectivity index (χ0) is 12.0. The fourth-order valence-electron chi connectivity index (χ4n) is 1.34. The van der Waals surface area contributed by atoms with E-state index in [2.05, 4.69) is 10.6 Å². The molecule has 0 aliphatic heterocycles.